The van der Waals surface area contributed by atoms with Crippen molar-refractivity contribution in [1.29, 1.82) is 0 Å². The van der Waals surface area contributed by atoms with E-state index in [4.69, 9.17) is 22.1 Å². The molecule has 0 radical (unpaired) electrons. The summed E-state index contributed by atoms with van der Waals surface area (Å²) >= 11 is 6.28. The second-order valence-electron chi connectivity index (χ2n) is 6.25. The van der Waals surface area contributed by atoms with Gasteiger partial charge in [-0.3, -0.25) is 14.5 Å². The Morgan fingerprint density at radius 2 is 1.89 bits per heavy atom. The first-order valence-electron chi connectivity index (χ1n) is 8.52. The second-order valence-corrected chi connectivity index (χ2v) is 7.93. The van der Waals surface area contributed by atoms with Crippen LogP contribution >= 0.6 is 24.0 Å². The summed E-state index contributed by atoms with van der Waals surface area (Å²) in [5.74, 6) is -0.732. The third kappa shape index (κ3) is 3.58. The van der Waals surface area contributed by atoms with Crippen molar-refractivity contribution in [2.75, 3.05) is 6.54 Å². The summed E-state index contributed by atoms with van der Waals surface area (Å²) in [5, 5.41) is 9.00. The molecule has 1 saturated heterocycles. The summed E-state index contributed by atoms with van der Waals surface area (Å²) in [6, 6.07) is 17.4. The Morgan fingerprint density at radius 3 is 2.64 bits per heavy atom. The van der Waals surface area contributed by atoms with Crippen LogP contribution in [0.2, 0.25) is 0 Å². The van der Waals surface area contributed by atoms with Gasteiger partial charge in [-0.2, -0.15) is 0 Å². The molecule has 1 unspecified atom stereocenters. The van der Waals surface area contributed by atoms with Gasteiger partial charge in [-0.25, -0.2) is 0 Å². The fourth-order valence-electron chi connectivity index (χ4n) is 3.09. The minimum atomic E-state index is -1.10. The molecule has 0 bridgehead atoms. The zero-order valence-corrected chi connectivity index (χ0v) is 16.2. The summed E-state index contributed by atoms with van der Waals surface area (Å²) in [5.41, 5.74) is 2.68. The molecule has 0 aliphatic carbocycles. The number of carbonyl (C=O) groups is 2. The number of aliphatic carboxylic acids is 1. The highest BCUT2D eigenvalue weighted by Crippen LogP contribution is 2.40. The van der Waals surface area contributed by atoms with Gasteiger partial charge in [0.15, 0.2) is 0 Å². The van der Waals surface area contributed by atoms with Gasteiger partial charge in [-0.05, 0) is 29.4 Å². The summed E-state index contributed by atoms with van der Waals surface area (Å²) in [6.07, 6.45) is 3.36. The topological polar surface area (TPSA) is 66.8 Å². The number of fused-ring (bicyclic) bond motifs is 1. The molecule has 1 fully saturated rings. The van der Waals surface area contributed by atoms with Crippen molar-refractivity contribution >= 4 is 46.3 Å². The Morgan fingerprint density at radius 1 is 1.18 bits per heavy atom. The number of para-hydroxylation sites is 1. The highest BCUT2D eigenvalue weighted by atomic mass is 32.2. The van der Waals surface area contributed by atoms with Crippen molar-refractivity contribution < 1.29 is 19.4 Å². The van der Waals surface area contributed by atoms with E-state index in [9.17, 15) is 9.59 Å². The standard InChI is InChI=1S/C21H15NO4S2/c23-18(24)12-22-20(25)17(28-21(22)27)11-15-10-14-8-4-5-9-16(14)26-19(15)13-6-2-1-3-7-13/h1-11,19H,12H2,(H,23,24). The van der Waals surface area contributed by atoms with Crippen LogP contribution in [0.5, 0.6) is 5.75 Å². The number of ether oxygens (including phenoxy) is 1. The fraction of sp³-hybridized carbons (Fsp3) is 0.0952. The van der Waals surface area contributed by atoms with Crippen molar-refractivity contribution in [3.8, 4) is 5.75 Å². The number of thiocarbonyl (C=S) groups is 1. The number of hydrogen-bond acceptors (Lipinski definition) is 5. The van der Waals surface area contributed by atoms with Crippen LogP contribution < -0.4 is 4.74 Å². The lowest BCUT2D eigenvalue weighted by atomic mass is 9.95. The number of rotatable bonds is 4. The van der Waals surface area contributed by atoms with Crippen LogP contribution in [0, 0.1) is 0 Å². The lowest BCUT2D eigenvalue weighted by Crippen LogP contribution is -2.33. The smallest absolute Gasteiger partial charge is 0.323 e. The molecule has 0 spiro atoms. The maximum Gasteiger partial charge on any atom is 0.323 e. The van der Waals surface area contributed by atoms with Crippen molar-refractivity contribution in [2.24, 2.45) is 0 Å². The van der Waals surface area contributed by atoms with Gasteiger partial charge in [0.25, 0.3) is 5.91 Å². The van der Waals surface area contributed by atoms with Crippen LogP contribution in [0.15, 0.2) is 71.2 Å². The number of nitrogens with zero attached hydrogens (tertiary/aromatic N) is 1. The minimum Gasteiger partial charge on any atom is -0.480 e. The summed E-state index contributed by atoms with van der Waals surface area (Å²) in [6.45, 7) is -0.442. The Balaban J connectivity index is 1.74. The number of carbonyl (C=O) groups excluding carboxylic acids is 1. The van der Waals surface area contributed by atoms with Gasteiger partial charge >= 0.3 is 5.97 Å². The maximum atomic E-state index is 12.6. The molecule has 140 valence electrons. The lowest BCUT2D eigenvalue weighted by molar-refractivity contribution is -0.140. The molecule has 2 aromatic rings. The molecule has 1 atom stereocenters. The molecule has 1 amide bonds. The molecular formula is C21H15NO4S2. The molecular weight excluding hydrogens is 394 g/mol. The Labute approximate surface area is 171 Å². The zero-order valence-electron chi connectivity index (χ0n) is 14.6. The first-order chi connectivity index (χ1) is 13.5. The molecule has 2 heterocycles. The van der Waals surface area contributed by atoms with E-state index in [0.29, 0.717) is 4.91 Å². The van der Waals surface area contributed by atoms with Crippen LogP contribution in [0.1, 0.15) is 17.2 Å². The van der Waals surface area contributed by atoms with Gasteiger partial charge in [0.05, 0.1) is 4.91 Å². The lowest BCUT2D eigenvalue weighted by Gasteiger charge is -2.26. The molecule has 0 aromatic heterocycles. The van der Waals surface area contributed by atoms with E-state index < -0.39 is 18.4 Å². The third-order valence-corrected chi connectivity index (χ3v) is 5.73. The molecule has 4 rings (SSSR count). The first-order valence-corrected chi connectivity index (χ1v) is 9.75. The Kier molecular flexibility index (Phi) is 5.02. The van der Waals surface area contributed by atoms with Gasteiger partial charge in [-0.15, -0.1) is 0 Å². The number of hydrogen-bond donors (Lipinski definition) is 1. The van der Waals surface area contributed by atoms with E-state index in [1.807, 2.05) is 60.7 Å². The highest BCUT2D eigenvalue weighted by molar-refractivity contribution is 8.26. The van der Waals surface area contributed by atoms with Gasteiger partial charge in [0, 0.05) is 5.56 Å². The largest absolute Gasteiger partial charge is 0.480 e. The normalized spacial score (nSPS) is 20.0. The molecule has 2 aliphatic rings. The van der Waals surface area contributed by atoms with Crippen LogP contribution in [0.3, 0.4) is 0 Å². The zero-order chi connectivity index (χ0) is 19.7. The van der Waals surface area contributed by atoms with E-state index in [-0.39, 0.29) is 10.4 Å². The third-order valence-electron chi connectivity index (χ3n) is 4.36. The number of benzene rings is 2. The van der Waals surface area contributed by atoms with E-state index >= 15 is 0 Å². The van der Waals surface area contributed by atoms with Crippen LogP contribution in [-0.4, -0.2) is 32.7 Å². The Bertz CT molecular complexity index is 1030. The van der Waals surface area contributed by atoms with Crippen molar-refractivity contribution in [3.63, 3.8) is 0 Å². The average molecular weight is 409 g/mol. The molecule has 1 N–H and O–H groups in total. The number of thioether (sulfide) groups is 1. The number of carboxylic acid groups (broad SMARTS) is 1. The predicted octanol–water partition coefficient (Wildman–Crippen LogP) is 4.03. The Hall–Kier alpha value is -2.90. The molecule has 2 aromatic carbocycles. The molecule has 28 heavy (non-hydrogen) atoms. The van der Waals surface area contributed by atoms with Crippen molar-refractivity contribution in [2.45, 2.75) is 6.10 Å². The van der Waals surface area contributed by atoms with Crippen LogP contribution in [-0.2, 0) is 9.59 Å². The van der Waals surface area contributed by atoms with E-state index in [2.05, 4.69) is 0 Å². The summed E-state index contributed by atoms with van der Waals surface area (Å²) in [4.78, 5) is 25.1. The predicted molar refractivity (Wildman–Crippen MR) is 112 cm³/mol. The number of amides is 1. The number of carboxylic acids is 1. The first kappa shape index (κ1) is 18.5. The monoisotopic (exact) mass is 409 g/mol. The van der Waals surface area contributed by atoms with Gasteiger partial charge in [-0.1, -0.05) is 72.5 Å². The quantitative estimate of drug-likeness (QED) is 0.607. The fourth-order valence-corrected chi connectivity index (χ4v) is 4.34. The second kappa shape index (κ2) is 7.61. The van der Waals surface area contributed by atoms with Gasteiger partial charge < -0.3 is 9.84 Å². The van der Waals surface area contributed by atoms with Crippen LogP contribution in [0.4, 0.5) is 0 Å². The van der Waals surface area contributed by atoms with Crippen molar-refractivity contribution in [3.05, 3.63) is 82.3 Å². The van der Waals surface area contributed by atoms with Crippen LogP contribution in [0.25, 0.3) is 6.08 Å². The van der Waals surface area contributed by atoms with Crippen molar-refractivity contribution in [1.82, 2.24) is 4.90 Å². The van der Waals surface area contributed by atoms with E-state index in [1.54, 1.807) is 6.08 Å². The molecule has 2 aliphatic heterocycles. The molecule has 7 heteroatoms. The van der Waals surface area contributed by atoms with E-state index in [1.165, 1.54) is 0 Å². The average Bonchev–Trinajstić information content (AvgIpc) is 2.95. The maximum absolute atomic E-state index is 12.6. The summed E-state index contributed by atoms with van der Waals surface area (Å²) < 4.78 is 6.46. The molecule has 0 saturated carbocycles. The summed E-state index contributed by atoms with van der Waals surface area (Å²) in [7, 11) is 0. The molecule has 5 nitrogen and oxygen atoms in total. The highest BCUT2D eigenvalue weighted by Gasteiger charge is 2.34. The van der Waals surface area contributed by atoms with Gasteiger partial charge in [0.2, 0.25) is 0 Å². The SMILES string of the molecule is O=C(O)CN1C(=O)C(=CC2=Cc3ccccc3OC2c2ccccc2)SC1=S. The minimum absolute atomic E-state index is 0.243. The van der Waals surface area contributed by atoms with E-state index in [0.717, 1.165) is 39.1 Å². The van der Waals surface area contributed by atoms with Gasteiger partial charge in [0.1, 0.15) is 22.7 Å².